The van der Waals surface area contributed by atoms with Gasteiger partial charge >= 0.3 is 0 Å². The van der Waals surface area contributed by atoms with Crippen LogP contribution in [-0.4, -0.2) is 26.2 Å². The lowest BCUT2D eigenvalue weighted by atomic mass is 10.2. The minimum atomic E-state index is -0.174. The molecule has 1 rings (SSSR count). The molecule has 0 unspecified atom stereocenters. The fraction of sp³-hybridized carbons (Fsp3) is 0.538. The summed E-state index contributed by atoms with van der Waals surface area (Å²) >= 11 is 0. The zero-order valence-corrected chi connectivity index (χ0v) is 10.2. The highest BCUT2D eigenvalue weighted by molar-refractivity contribution is 5.45. The van der Waals surface area contributed by atoms with Gasteiger partial charge in [-0.2, -0.15) is 0 Å². The highest BCUT2D eigenvalue weighted by atomic mass is 19.1. The van der Waals surface area contributed by atoms with Crippen molar-refractivity contribution < 1.29 is 4.39 Å². The van der Waals surface area contributed by atoms with Gasteiger partial charge in [0.05, 0.1) is 0 Å². The van der Waals surface area contributed by atoms with Crippen molar-refractivity contribution in [2.75, 3.05) is 31.1 Å². The van der Waals surface area contributed by atoms with E-state index in [0.717, 1.165) is 38.3 Å². The maximum atomic E-state index is 12.8. The monoisotopic (exact) mass is 224 g/mol. The van der Waals surface area contributed by atoms with Gasteiger partial charge in [-0.15, -0.1) is 0 Å². The number of nitrogens with zero attached hydrogens (tertiary/aromatic N) is 1. The Hall–Kier alpha value is -1.09. The largest absolute Gasteiger partial charge is 0.372 e. The predicted molar refractivity (Wildman–Crippen MR) is 67.4 cm³/mol. The first-order valence-electron chi connectivity index (χ1n) is 5.99. The van der Waals surface area contributed by atoms with Crippen molar-refractivity contribution in [3.8, 4) is 0 Å². The summed E-state index contributed by atoms with van der Waals surface area (Å²) in [5, 5.41) is 3.30. The number of nitrogens with one attached hydrogen (secondary N) is 1. The number of rotatable bonds is 7. The fourth-order valence-electron chi connectivity index (χ4n) is 1.69. The van der Waals surface area contributed by atoms with E-state index >= 15 is 0 Å². The lowest BCUT2D eigenvalue weighted by Gasteiger charge is -2.23. The van der Waals surface area contributed by atoms with E-state index in [-0.39, 0.29) is 5.82 Å². The number of benzene rings is 1. The summed E-state index contributed by atoms with van der Waals surface area (Å²) in [7, 11) is 0. The summed E-state index contributed by atoms with van der Waals surface area (Å²) in [6.45, 7) is 8.25. The molecule has 1 N–H and O–H groups in total. The first kappa shape index (κ1) is 13.0. The lowest BCUT2D eigenvalue weighted by molar-refractivity contribution is 0.626. The zero-order valence-electron chi connectivity index (χ0n) is 10.2. The van der Waals surface area contributed by atoms with E-state index in [1.165, 1.54) is 12.1 Å². The van der Waals surface area contributed by atoms with Crippen molar-refractivity contribution in [1.29, 1.82) is 0 Å². The lowest BCUT2D eigenvalue weighted by Crippen LogP contribution is -2.27. The van der Waals surface area contributed by atoms with Gasteiger partial charge in [0.15, 0.2) is 0 Å². The first-order chi connectivity index (χ1) is 7.77. The summed E-state index contributed by atoms with van der Waals surface area (Å²) in [5.74, 6) is -0.174. The molecule has 0 fully saturated rings. The van der Waals surface area contributed by atoms with Gasteiger partial charge in [-0.05, 0) is 50.7 Å². The Morgan fingerprint density at radius 1 is 1.19 bits per heavy atom. The molecule has 0 atom stereocenters. The molecule has 0 aliphatic heterocycles. The molecule has 0 saturated carbocycles. The Morgan fingerprint density at radius 2 is 1.88 bits per heavy atom. The Bertz CT molecular complexity index is 284. The van der Waals surface area contributed by atoms with Gasteiger partial charge in [-0.25, -0.2) is 4.39 Å². The third-order valence-corrected chi connectivity index (χ3v) is 2.61. The van der Waals surface area contributed by atoms with E-state index in [1.807, 2.05) is 12.1 Å². The van der Waals surface area contributed by atoms with Gasteiger partial charge in [0, 0.05) is 18.8 Å². The number of hydrogen-bond donors (Lipinski definition) is 1. The Kier molecular flexibility index (Phi) is 5.86. The molecule has 0 saturated heterocycles. The normalized spacial score (nSPS) is 10.4. The Morgan fingerprint density at radius 3 is 2.44 bits per heavy atom. The molecule has 0 heterocycles. The summed E-state index contributed by atoms with van der Waals surface area (Å²) in [6.07, 6.45) is 1.11. The molecule has 90 valence electrons. The highest BCUT2D eigenvalue weighted by Gasteiger charge is 2.03. The molecule has 0 aromatic heterocycles. The molecule has 0 bridgehead atoms. The second-order valence-electron chi connectivity index (χ2n) is 3.76. The molecule has 3 heteroatoms. The SMILES string of the molecule is CCNCCCN(CC)c1ccc(F)cc1. The van der Waals surface area contributed by atoms with Crippen molar-refractivity contribution in [3.63, 3.8) is 0 Å². The van der Waals surface area contributed by atoms with E-state index in [1.54, 1.807) is 0 Å². The quantitative estimate of drug-likeness (QED) is 0.716. The van der Waals surface area contributed by atoms with Crippen molar-refractivity contribution in [2.45, 2.75) is 20.3 Å². The Labute approximate surface area is 97.5 Å². The standard InChI is InChI=1S/C13H21FN2/c1-3-15-10-5-11-16(4-2)13-8-6-12(14)7-9-13/h6-9,15H,3-5,10-11H2,1-2H3. The Balaban J connectivity index is 2.44. The van der Waals surface area contributed by atoms with E-state index in [2.05, 4.69) is 24.1 Å². The fourth-order valence-corrected chi connectivity index (χ4v) is 1.69. The van der Waals surface area contributed by atoms with Crippen molar-refractivity contribution in [2.24, 2.45) is 0 Å². The third-order valence-electron chi connectivity index (χ3n) is 2.61. The molecule has 1 aromatic carbocycles. The second-order valence-corrected chi connectivity index (χ2v) is 3.76. The molecule has 0 aliphatic rings. The van der Waals surface area contributed by atoms with Crippen LogP contribution in [0.2, 0.25) is 0 Å². The predicted octanol–water partition coefficient (Wildman–Crippen LogP) is 2.65. The molecule has 2 nitrogen and oxygen atoms in total. The molecule has 0 spiro atoms. The van der Waals surface area contributed by atoms with Crippen LogP contribution in [0.4, 0.5) is 10.1 Å². The molecular formula is C13H21FN2. The molecule has 1 aromatic rings. The number of halogens is 1. The topological polar surface area (TPSA) is 15.3 Å². The molecule has 0 amide bonds. The maximum Gasteiger partial charge on any atom is 0.123 e. The van der Waals surface area contributed by atoms with Gasteiger partial charge in [0.2, 0.25) is 0 Å². The molecule has 0 radical (unpaired) electrons. The van der Waals surface area contributed by atoms with Gasteiger partial charge in [-0.1, -0.05) is 6.92 Å². The summed E-state index contributed by atoms with van der Waals surface area (Å²) in [6, 6.07) is 6.71. The maximum absolute atomic E-state index is 12.8. The van der Waals surface area contributed by atoms with Crippen LogP contribution in [0, 0.1) is 5.82 Å². The van der Waals surface area contributed by atoms with Crippen LogP contribution in [0.25, 0.3) is 0 Å². The average Bonchev–Trinajstić information content (AvgIpc) is 2.31. The van der Waals surface area contributed by atoms with Crippen LogP contribution in [-0.2, 0) is 0 Å². The molecular weight excluding hydrogens is 203 g/mol. The number of anilines is 1. The average molecular weight is 224 g/mol. The van der Waals surface area contributed by atoms with Crippen LogP contribution in [0.1, 0.15) is 20.3 Å². The molecule has 0 aliphatic carbocycles. The van der Waals surface area contributed by atoms with Gasteiger partial charge < -0.3 is 10.2 Å². The van der Waals surface area contributed by atoms with E-state index in [4.69, 9.17) is 0 Å². The van der Waals surface area contributed by atoms with Gasteiger partial charge in [0.1, 0.15) is 5.82 Å². The van der Waals surface area contributed by atoms with Crippen molar-refractivity contribution in [3.05, 3.63) is 30.1 Å². The summed E-state index contributed by atoms with van der Waals surface area (Å²) < 4.78 is 12.8. The molecule has 16 heavy (non-hydrogen) atoms. The van der Waals surface area contributed by atoms with E-state index in [9.17, 15) is 4.39 Å². The summed E-state index contributed by atoms with van der Waals surface area (Å²) in [5.41, 5.74) is 1.10. The van der Waals surface area contributed by atoms with Crippen LogP contribution >= 0.6 is 0 Å². The van der Waals surface area contributed by atoms with Gasteiger partial charge in [0.25, 0.3) is 0 Å². The first-order valence-corrected chi connectivity index (χ1v) is 5.99. The van der Waals surface area contributed by atoms with Crippen LogP contribution in [0.3, 0.4) is 0 Å². The number of hydrogen-bond acceptors (Lipinski definition) is 2. The highest BCUT2D eigenvalue weighted by Crippen LogP contribution is 2.14. The minimum Gasteiger partial charge on any atom is -0.372 e. The smallest absolute Gasteiger partial charge is 0.123 e. The van der Waals surface area contributed by atoms with E-state index in [0.29, 0.717) is 0 Å². The van der Waals surface area contributed by atoms with Crippen LogP contribution in [0.15, 0.2) is 24.3 Å². The van der Waals surface area contributed by atoms with E-state index < -0.39 is 0 Å². The van der Waals surface area contributed by atoms with Crippen LogP contribution in [0.5, 0.6) is 0 Å². The van der Waals surface area contributed by atoms with Gasteiger partial charge in [-0.3, -0.25) is 0 Å². The second kappa shape index (κ2) is 7.23. The van der Waals surface area contributed by atoms with Crippen LogP contribution < -0.4 is 10.2 Å². The minimum absolute atomic E-state index is 0.174. The zero-order chi connectivity index (χ0) is 11.8. The van der Waals surface area contributed by atoms with Crippen molar-refractivity contribution >= 4 is 5.69 Å². The van der Waals surface area contributed by atoms with Crippen molar-refractivity contribution in [1.82, 2.24) is 5.32 Å². The summed E-state index contributed by atoms with van der Waals surface area (Å²) in [4.78, 5) is 2.26. The third kappa shape index (κ3) is 4.19.